The van der Waals surface area contributed by atoms with E-state index in [1.807, 2.05) is 24.3 Å². The summed E-state index contributed by atoms with van der Waals surface area (Å²) in [5.74, 6) is 0.633. The van der Waals surface area contributed by atoms with Crippen molar-refractivity contribution in [1.29, 1.82) is 0 Å². The van der Waals surface area contributed by atoms with Crippen molar-refractivity contribution in [1.82, 2.24) is 4.98 Å². The number of hydrogen-bond acceptors (Lipinski definition) is 2. The highest BCUT2D eigenvalue weighted by molar-refractivity contribution is 6.31. The maximum atomic E-state index is 5.85. The van der Waals surface area contributed by atoms with Gasteiger partial charge in [0.15, 0.2) is 0 Å². The lowest BCUT2D eigenvalue weighted by atomic mass is 10.2. The molecule has 0 radical (unpaired) electrons. The molecule has 0 atom stereocenters. The molecule has 2 rings (SSSR count). The number of hydrogen-bond donors (Lipinski definition) is 0. The summed E-state index contributed by atoms with van der Waals surface area (Å²) in [5, 5.41) is 2.74. The molecule has 0 aliphatic heterocycles. The molecule has 2 nitrogen and oxygen atoms in total. The Morgan fingerprint density at radius 1 is 1.31 bits per heavy atom. The van der Waals surface area contributed by atoms with Gasteiger partial charge in [0.2, 0.25) is 5.88 Å². The molecule has 0 aliphatic carbocycles. The van der Waals surface area contributed by atoms with Crippen LogP contribution in [-0.2, 0) is 0 Å². The van der Waals surface area contributed by atoms with Crippen LogP contribution in [-0.4, -0.2) is 12.1 Å². The molecule has 0 spiro atoms. The number of rotatable bonds is 1. The van der Waals surface area contributed by atoms with E-state index in [-0.39, 0.29) is 0 Å². The van der Waals surface area contributed by atoms with Crippen LogP contribution < -0.4 is 4.74 Å². The topological polar surface area (TPSA) is 22.1 Å². The molecule has 0 bridgehead atoms. The van der Waals surface area contributed by atoms with Crippen LogP contribution in [0.3, 0.4) is 0 Å². The molecule has 0 aliphatic rings. The summed E-state index contributed by atoms with van der Waals surface area (Å²) in [4.78, 5) is 4.09. The standard InChI is InChI=1S/C10H8ClNO/c1-13-10-9-3-2-8(11)6-7(9)4-5-12-10/h2-6H,1H3. The van der Waals surface area contributed by atoms with Crippen LogP contribution in [0.1, 0.15) is 0 Å². The second-order valence-corrected chi connectivity index (χ2v) is 3.12. The molecular formula is C10H8ClNO. The van der Waals surface area contributed by atoms with E-state index in [0.717, 1.165) is 15.8 Å². The molecule has 13 heavy (non-hydrogen) atoms. The van der Waals surface area contributed by atoms with Crippen LogP contribution in [0.15, 0.2) is 30.5 Å². The van der Waals surface area contributed by atoms with Gasteiger partial charge in [-0.15, -0.1) is 0 Å². The fraction of sp³-hybridized carbons (Fsp3) is 0.100. The molecule has 1 aromatic heterocycles. The van der Waals surface area contributed by atoms with E-state index in [2.05, 4.69) is 4.98 Å². The quantitative estimate of drug-likeness (QED) is 0.695. The lowest BCUT2D eigenvalue weighted by Crippen LogP contribution is -1.87. The summed E-state index contributed by atoms with van der Waals surface area (Å²) in [6, 6.07) is 7.53. The van der Waals surface area contributed by atoms with E-state index in [1.54, 1.807) is 13.3 Å². The molecule has 66 valence electrons. The van der Waals surface area contributed by atoms with E-state index >= 15 is 0 Å². The highest BCUT2D eigenvalue weighted by Crippen LogP contribution is 2.25. The fourth-order valence-electron chi connectivity index (χ4n) is 1.28. The summed E-state index contributed by atoms with van der Waals surface area (Å²) in [6.07, 6.45) is 1.71. The maximum absolute atomic E-state index is 5.85. The van der Waals surface area contributed by atoms with Crippen molar-refractivity contribution in [2.24, 2.45) is 0 Å². The van der Waals surface area contributed by atoms with E-state index in [0.29, 0.717) is 5.88 Å². The Balaban J connectivity index is 2.77. The minimum Gasteiger partial charge on any atom is -0.481 e. The Bertz CT molecular complexity index is 442. The summed E-state index contributed by atoms with van der Waals surface area (Å²) in [7, 11) is 1.61. The Kier molecular flexibility index (Phi) is 2.07. The van der Waals surface area contributed by atoms with Crippen LogP contribution in [0.2, 0.25) is 5.02 Å². The normalized spacial score (nSPS) is 10.3. The Morgan fingerprint density at radius 3 is 2.92 bits per heavy atom. The molecule has 3 heteroatoms. The smallest absolute Gasteiger partial charge is 0.221 e. The SMILES string of the molecule is COc1nccc2cc(Cl)ccc12. The highest BCUT2D eigenvalue weighted by atomic mass is 35.5. The van der Waals surface area contributed by atoms with E-state index in [4.69, 9.17) is 16.3 Å². The number of methoxy groups -OCH3 is 1. The Labute approximate surface area is 81.1 Å². The van der Waals surface area contributed by atoms with Gasteiger partial charge in [-0.2, -0.15) is 0 Å². The van der Waals surface area contributed by atoms with Gasteiger partial charge < -0.3 is 4.74 Å². The molecule has 0 saturated carbocycles. The van der Waals surface area contributed by atoms with Gasteiger partial charge in [-0.25, -0.2) is 4.98 Å². The predicted octanol–water partition coefficient (Wildman–Crippen LogP) is 2.90. The minimum absolute atomic E-state index is 0.633. The molecule has 2 aromatic rings. The van der Waals surface area contributed by atoms with Crippen molar-refractivity contribution in [2.75, 3.05) is 7.11 Å². The van der Waals surface area contributed by atoms with Gasteiger partial charge >= 0.3 is 0 Å². The summed E-state index contributed by atoms with van der Waals surface area (Å²) in [6.45, 7) is 0. The molecule has 1 heterocycles. The summed E-state index contributed by atoms with van der Waals surface area (Å²) in [5.41, 5.74) is 0. The Morgan fingerprint density at radius 2 is 2.15 bits per heavy atom. The van der Waals surface area contributed by atoms with Crippen molar-refractivity contribution < 1.29 is 4.74 Å². The summed E-state index contributed by atoms with van der Waals surface area (Å²) >= 11 is 5.85. The second kappa shape index (κ2) is 3.23. The van der Waals surface area contributed by atoms with Crippen LogP contribution in [0.25, 0.3) is 10.8 Å². The first-order valence-electron chi connectivity index (χ1n) is 3.89. The Hall–Kier alpha value is -1.28. The third kappa shape index (κ3) is 1.45. The van der Waals surface area contributed by atoms with Crippen molar-refractivity contribution >= 4 is 22.4 Å². The number of pyridine rings is 1. The van der Waals surface area contributed by atoms with Crippen LogP contribution in [0.5, 0.6) is 5.88 Å². The minimum atomic E-state index is 0.633. The van der Waals surface area contributed by atoms with E-state index in [1.165, 1.54) is 0 Å². The maximum Gasteiger partial charge on any atom is 0.221 e. The van der Waals surface area contributed by atoms with Crippen molar-refractivity contribution in [3.63, 3.8) is 0 Å². The molecule has 0 amide bonds. The van der Waals surface area contributed by atoms with Crippen LogP contribution in [0.4, 0.5) is 0 Å². The molecule has 0 fully saturated rings. The fourth-order valence-corrected chi connectivity index (χ4v) is 1.46. The zero-order chi connectivity index (χ0) is 9.26. The van der Waals surface area contributed by atoms with Gasteiger partial charge in [0.25, 0.3) is 0 Å². The molecule has 0 saturated heterocycles. The number of benzene rings is 1. The third-order valence-electron chi connectivity index (χ3n) is 1.88. The second-order valence-electron chi connectivity index (χ2n) is 2.69. The van der Waals surface area contributed by atoms with Gasteiger partial charge in [0, 0.05) is 16.6 Å². The third-order valence-corrected chi connectivity index (χ3v) is 2.12. The largest absolute Gasteiger partial charge is 0.481 e. The lowest BCUT2D eigenvalue weighted by Gasteiger charge is -2.03. The summed E-state index contributed by atoms with van der Waals surface area (Å²) < 4.78 is 5.11. The van der Waals surface area contributed by atoms with Crippen molar-refractivity contribution in [2.45, 2.75) is 0 Å². The number of fused-ring (bicyclic) bond motifs is 1. The number of aromatic nitrogens is 1. The van der Waals surface area contributed by atoms with Crippen LogP contribution in [0, 0.1) is 0 Å². The number of halogens is 1. The average molecular weight is 194 g/mol. The molecular weight excluding hydrogens is 186 g/mol. The van der Waals surface area contributed by atoms with Gasteiger partial charge in [-0.3, -0.25) is 0 Å². The van der Waals surface area contributed by atoms with Gasteiger partial charge in [-0.1, -0.05) is 11.6 Å². The first kappa shape index (κ1) is 8.32. The lowest BCUT2D eigenvalue weighted by molar-refractivity contribution is 0.403. The first-order chi connectivity index (χ1) is 6.31. The average Bonchev–Trinajstić information content (AvgIpc) is 2.16. The number of ether oxygens (including phenoxy) is 1. The predicted molar refractivity (Wildman–Crippen MR) is 53.3 cm³/mol. The zero-order valence-electron chi connectivity index (χ0n) is 7.12. The van der Waals surface area contributed by atoms with Gasteiger partial charge in [-0.05, 0) is 29.7 Å². The van der Waals surface area contributed by atoms with Crippen LogP contribution >= 0.6 is 11.6 Å². The number of nitrogens with zero attached hydrogens (tertiary/aromatic N) is 1. The zero-order valence-corrected chi connectivity index (χ0v) is 7.88. The van der Waals surface area contributed by atoms with Gasteiger partial charge in [0.05, 0.1) is 7.11 Å². The van der Waals surface area contributed by atoms with Crippen molar-refractivity contribution in [3.05, 3.63) is 35.5 Å². The molecule has 1 aromatic carbocycles. The molecule has 0 unspecified atom stereocenters. The van der Waals surface area contributed by atoms with Gasteiger partial charge in [0.1, 0.15) is 0 Å². The van der Waals surface area contributed by atoms with E-state index < -0.39 is 0 Å². The molecule has 0 N–H and O–H groups in total. The first-order valence-corrected chi connectivity index (χ1v) is 4.27. The highest BCUT2D eigenvalue weighted by Gasteiger charge is 2.01. The van der Waals surface area contributed by atoms with Crippen molar-refractivity contribution in [3.8, 4) is 5.88 Å². The van der Waals surface area contributed by atoms with E-state index in [9.17, 15) is 0 Å². The monoisotopic (exact) mass is 193 g/mol.